The Balaban J connectivity index is 1.71. The van der Waals surface area contributed by atoms with Gasteiger partial charge in [-0.15, -0.1) is 11.3 Å². The van der Waals surface area contributed by atoms with E-state index in [0.717, 1.165) is 22.7 Å². The number of aromatic nitrogens is 2. The van der Waals surface area contributed by atoms with Crippen LogP contribution >= 0.6 is 34.3 Å². The summed E-state index contributed by atoms with van der Waals surface area (Å²) in [7, 11) is 0. The lowest BCUT2D eigenvalue weighted by atomic mass is 9.95. The second kappa shape index (κ2) is 8.52. The summed E-state index contributed by atoms with van der Waals surface area (Å²) >= 11 is 8.40. The number of thiazole rings is 2. The minimum absolute atomic E-state index is 0.181. The van der Waals surface area contributed by atoms with E-state index in [-0.39, 0.29) is 26.8 Å². The molecule has 1 aliphatic rings. The lowest BCUT2D eigenvalue weighted by Crippen LogP contribution is -2.31. The van der Waals surface area contributed by atoms with Crippen molar-refractivity contribution in [1.82, 2.24) is 9.97 Å². The number of aliphatic hydroxyl groups excluding tert-OH is 1. The van der Waals surface area contributed by atoms with E-state index in [0.29, 0.717) is 25.9 Å². The maximum absolute atomic E-state index is 13.6. The SMILES string of the molecule is Cc1nc(C)c(C(=O)C2=C(O)C(=O)N(c3nc4ccc(Cl)cc4s3)C2c2cccc([N+](=O)[O-])c2)s1. The molecule has 1 N–H and O–H groups in total. The number of aryl methyl sites for hydroxylation is 2. The Morgan fingerprint density at radius 3 is 2.63 bits per heavy atom. The van der Waals surface area contributed by atoms with Crippen molar-refractivity contribution in [1.29, 1.82) is 0 Å². The number of hydrogen-bond donors (Lipinski definition) is 1. The third-order valence-electron chi connectivity index (χ3n) is 5.50. The Labute approximate surface area is 211 Å². The lowest BCUT2D eigenvalue weighted by molar-refractivity contribution is -0.384. The molecule has 0 bridgehead atoms. The summed E-state index contributed by atoms with van der Waals surface area (Å²) in [6.07, 6.45) is 0. The zero-order chi connectivity index (χ0) is 25.0. The van der Waals surface area contributed by atoms with Gasteiger partial charge >= 0.3 is 0 Å². The van der Waals surface area contributed by atoms with E-state index in [1.165, 1.54) is 23.1 Å². The number of hydrogen-bond acceptors (Lipinski definition) is 9. The van der Waals surface area contributed by atoms with Crippen LogP contribution in [0, 0.1) is 24.0 Å². The Morgan fingerprint density at radius 1 is 1.17 bits per heavy atom. The molecule has 1 aliphatic heterocycles. The highest BCUT2D eigenvalue weighted by atomic mass is 35.5. The Hall–Kier alpha value is -3.67. The van der Waals surface area contributed by atoms with Crippen LogP contribution in [0.15, 0.2) is 53.8 Å². The molecule has 5 rings (SSSR count). The monoisotopic (exact) mass is 526 g/mol. The zero-order valence-electron chi connectivity index (χ0n) is 18.2. The Morgan fingerprint density at radius 2 is 1.94 bits per heavy atom. The van der Waals surface area contributed by atoms with E-state index in [4.69, 9.17) is 11.6 Å². The Kier molecular flexibility index (Phi) is 5.62. The van der Waals surface area contributed by atoms with Gasteiger partial charge in [0.25, 0.3) is 11.6 Å². The molecule has 176 valence electrons. The van der Waals surface area contributed by atoms with Crippen LogP contribution in [0.25, 0.3) is 10.2 Å². The number of anilines is 1. The first-order chi connectivity index (χ1) is 16.7. The number of halogens is 1. The van der Waals surface area contributed by atoms with Crippen LogP contribution < -0.4 is 4.90 Å². The summed E-state index contributed by atoms with van der Waals surface area (Å²) in [5.74, 6) is -2.12. The zero-order valence-corrected chi connectivity index (χ0v) is 20.6. The highest BCUT2D eigenvalue weighted by Gasteiger charge is 2.46. The first-order valence-corrected chi connectivity index (χ1v) is 12.2. The second-order valence-electron chi connectivity index (χ2n) is 7.78. The fourth-order valence-corrected chi connectivity index (χ4v) is 6.15. The van der Waals surface area contributed by atoms with Crippen molar-refractivity contribution in [3.05, 3.63) is 90.1 Å². The molecule has 1 unspecified atom stereocenters. The van der Waals surface area contributed by atoms with Gasteiger partial charge in [-0.3, -0.25) is 24.6 Å². The topological polar surface area (TPSA) is 127 Å². The molecule has 3 heterocycles. The van der Waals surface area contributed by atoms with Crippen molar-refractivity contribution in [2.45, 2.75) is 19.9 Å². The van der Waals surface area contributed by atoms with Crippen molar-refractivity contribution in [3.63, 3.8) is 0 Å². The third-order valence-corrected chi connectivity index (χ3v) is 7.83. The molecular formula is C23H15ClN4O5S2. The summed E-state index contributed by atoms with van der Waals surface area (Å²) < 4.78 is 0.700. The number of ketones is 1. The van der Waals surface area contributed by atoms with Gasteiger partial charge in [0.2, 0.25) is 5.78 Å². The number of non-ortho nitro benzene ring substituents is 1. The molecule has 35 heavy (non-hydrogen) atoms. The van der Waals surface area contributed by atoms with Crippen molar-refractivity contribution >= 4 is 67.0 Å². The smallest absolute Gasteiger partial charge is 0.296 e. The van der Waals surface area contributed by atoms with Gasteiger partial charge in [-0.1, -0.05) is 35.1 Å². The molecule has 0 radical (unpaired) electrons. The van der Waals surface area contributed by atoms with Gasteiger partial charge in [0.05, 0.1) is 42.3 Å². The standard InChI is InChI=1S/C23H15ClN4O5S2/c1-10-21(34-11(2)25-10)19(29)17-18(12-4-3-5-14(8-12)28(32)33)27(22(31)20(17)30)23-26-15-7-6-13(24)9-16(15)35-23/h3-9,18,30H,1-2H3. The number of nitro groups is 1. The largest absolute Gasteiger partial charge is 0.503 e. The molecule has 1 atom stereocenters. The minimum atomic E-state index is -1.13. The number of aliphatic hydroxyl groups is 1. The van der Waals surface area contributed by atoms with Crippen LogP contribution in [-0.2, 0) is 4.79 Å². The molecule has 12 heteroatoms. The number of nitro benzene ring substituents is 1. The molecule has 2 aromatic carbocycles. The highest BCUT2D eigenvalue weighted by molar-refractivity contribution is 7.22. The van der Waals surface area contributed by atoms with Crippen LogP contribution in [0.1, 0.15) is 32.0 Å². The summed E-state index contributed by atoms with van der Waals surface area (Å²) in [6, 6.07) is 9.56. The van der Waals surface area contributed by atoms with Crippen LogP contribution in [0.4, 0.5) is 10.8 Å². The van der Waals surface area contributed by atoms with Crippen LogP contribution in [0.3, 0.4) is 0 Å². The molecule has 9 nitrogen and oxygen atoms in total. The minimum Gasteiger partial charge on any atom is -0.503 e. The fraction of sp³-hybridized carbons (Fsp3) is 0.130. The molecule has 2 aromatic heterocycles. The highest BCUT2D eigenvalue weighted by Crippen LogP contribution is 2.45. The summed E-state index contributed by atoms with van der Waals surface area (Å²) in [4.78, 5) is 48.1. The molecule has 0 saturated carbocycles. The number of nitrogens with zero attached hydrogens (tertiary/aromatic N) is 4. The van der Waals surface area contributed by atoms with Crippen molar-refractivity contribution < 1.29 is 19.6 Å². The average Bonchev–Trinajstić information content (AvgIpc) is 3.46. The van der Waals surface area contributed by atoms with E-state index in [9.17, 15) is 24.8 Å². The van der Waals surface area contributed by atoms with Crippen molar-refractivity contribution in [2.75, 3.05) is 4.90 Å². The van der Waals surface area contributed by atoms with E-state index < -0.39 is 28.4 Å². The quantitative estimate of drug-likeness (QED) is 0.200. The molecule has 1 amide bonds. The summed E-state index contributed by atoms with van der Waals surface area (Å²) in [5, 5.41) is 23.7. The maximum atomic E-state index is 13.6. The number of benzene rings is 2. The number of Topliss-reactive ketones (excluding diaryl/α,β-unsaturated/α-hetero) is 1. The van der Waals surface area contributed by atoms with Gasteiger partial charge in [0.15, 0.2) is 10.9 Å². The normalized spacial score (nSPS) is 15.9. The van der Waals surface area contributed by atoms with Gasteiger partial charge in [-0.25, -0.2) is 9.97 Å². The number of fused-ring (bicyclic) bond motifs is 1. The van der Waals surface area contributed by atoms with Crippen molar-refractivity contribution in [2.24, 2.45) is 0 Å². The number of rotatable bonds is 5. The van der Waals surface area contributed by atoms with E-state index in [1.54, 1.807) is 38.1 Å². The Bertz CT molecular complexity index is 1590. The van der Waals surface area contributed by atoms with E-state index in [2.05, 4.69) is 9.97 Å². The molecule has 0 saturated heterocycles. The molecular weight excluding hydrogens is 512 g/mol. The first-order valence-electron chi connectivity index (χ1n) is 10.2. The lowest BCUT2D eigenvalue weighted by Gasteiger charge is -2.24. The van der Waals surface area contributed by atoms with E-state index in [1.807, 2.05) is 0 Å². The summed E-state index contributed by atoms with van der Waals surface area (Å²) in [6.45, 7) is 3.42. The molecule has 0 fully saturated rings. The molecule has 4 aromatic rings. The van der Waals surface area contributed by atoms with Gasteiger partial charge in [-0.2, -0.15) is 0 Å². The average molecular weight is 527 g/mol. The summed E-state index contributed by atoms with van der Waals surface area (Å²) in [5.41, 5.74) is 0.939. The van der Waals surface area contributed by atoms with Crippen LogP contribution in [0.5, 0.6) is 0 Å². The van der Waals surface area contributed by atoms with Gasteiger partial charge < -0.3 is 5.11 Å². The van der Waals surface area contributed by atoms with E-state index >= 15 is 0 Å². The van der Waals surface area contributed by atoms with Crippen molar-refractivity contribution in [3.8, 4) is 0 Å². The third kappa shape index (κ3) is 3.87. The molecule has 0 aliphatic carbocycles. The van der Waals surface area contributed by atoms with Gasteiger partial charge in [0, 0.05) is 17.2 Å². The number of amides is 1. The fourth-order valence-electron chi connectivity index (χ4n) is 4.01. The van der Waals surface area contributed by atoms with Gasteiger partial charge in [-0.05, 0) is 37.6 Å². The second-order valence-corrected chi connectivity index (χ2v) is 10.4. The first kappa shape index (κ1) is 23.1. The van der Waals surface area contributed by atoms with Crippen LogP contribution in [0.2, 0.25) is 5.02 Å². The van der Waals surface area contributed by atoms with Gasteiger partial charge in [0.1, 0.15) is 0 Å². The predicted molar refractivity (Wildman–Crippen MR) is 134 cm³/mol. The number of carbonyl (C=O) groups is 2. The molecule has 0 spiro atoms. The maximum Gasteiger partial charge on any atom is 0.296 e. The number of carbonyl (C=O) groups excluding carboxylic acids is 2. The predicted octanol–water partition coefficient (Wildman–Crippen LogP) is 5.71. The van der Waals surface area contributed by atoms with Crippen LogP contribution in [-0.4, -0.2) is 31.7 Å².